The Hall–Kier alpha value is -4.72. The standard InChI is InChI=1S/C32H32O8/c1-19(2)30(34)37-14-7-8-23-16-27-28(39-18-24(29(27)33)13-15-38-31(35)20(3)4)17-26(23)22-9-11-25(12-10-22)40-32(36)21(5)6/h9-12,16-18H,1,3,5,7-8,13-15H2,2,4,6H3. The molecule has 0 N–H and O–H groups in total. The molecular formula is C32H32O8. The first kappa shape index (κ1) is 29.8. The largest absolute Gasteiger partial charge is 0.464 e. The van der Waals surface area contributed by atoms with Crippen LogP contribution < -0.4 is 10.2 Å². The molecule has 8 heteroatoms. The molecule has 0 fully saturated rings. The van der Waals surface area contributed by atoms with E-state index in [4.69, 9.17) is 18.6 Å². The van der Waals surface area contributed by atoms with E-state index in [0.717, 1.165) is 16.7 Å². The van der Waals surface area contributed by atoms with Gasteiger partial charge in [-0.25, -0.2) is 14.4 Å². The van der Waals surface area contributed by atoms with Gasteiger partial charge >= 0.3 is 17.9 Å². The molecular weight excluding hydrogens is 512 g/mol. The maximum atomic E-state index is 13.3. The average molecular weight is 545 g/mol. The highest BCUT2D eigenvalue weighted by Gasteiger charge is 2.15. The number of esters is 3. The maximum Gasteiger partial charge on any atom is 0.338 e. The Morgan fingerprint density at radius 1 is 0.775 bits per heavy atom. The molecule has 8 nitrogen and oxygen atoms in total. The van der Waals surface area contributed by atoms with Gasteiger partial charge in [0.2, 0.25) is 0 Å². The number of hydrogen-bond acceptors (Lipinski definition) is 8. The molecule has 0 aliphatic rings. The number of carbonyl (C=O) groups excluding carboxylic acids is 3. The Morgan fingerprint density at radius 2 is 1.38 bits per heavy atom. The van der Waals surface area contributed by atoms with E-state index in [1.165, 1.54) is 6.26 Å². The Kier molecular flexibility index (Phi) is 9.97. The quantitative estimate of drug-likeness (QED) is 0.124. The van der Waals surface area contributed by atoms with Crippen LogP contribution in [0.3, 0.4) is 0 Å². The molecule has 3 rings (SSSR count). The van der Waals surface area contributed by atoms with Gasteiger partial charge in [-0.3, -0.25) is 4.79 Å². The molecule has 0 spiro atoms. The first-order valence-electron chi connectivity index (χ1n) is 12.7. The van der Waals surface area contributed by atoms with E-state index in [9.17, 15) is 19.2 Å². The number of carbonyl (C=O) groups is 3. The molecule has 0 aliphatic carbocycles. The zero-order valence-electron chi connectivity index (χ0n) is 23.0. The third-order valence-corrected chi connectivity index (χ3v) is 5.92. The summed E-state index contributed by atoms with van der Waals surface area (Å²) in [6.45, 7) is 15.6. The summed E-state index contributed by atoms with van der Waals surface area (Å²) in [7, 11) is 0. The van der Waals surface area contributed by atoms with Gasteiger partial charge in [-0.05, 0) is 74.6 Å². The van der Waals surface area contributed by atoms with Gasteiger partial charge < -0.3 is 18.6 Å². The number of hydrogen-bond donors (Lipinski definition) is 0. The number of benzene rings is 2. The highest BCUT2D eigenvalue weighted by Crippen LogP contribution is 2.30. The number of rotatable bonds is 12. The molecule has 2 aromatic carbocycles. The number of aryl methyl sites for hydroxylation is 1. The summed E-state index contributed by atoms with van der Waals surface area (Å²) in [6, 6.07) is 10.5. The predicted octanol–water partition coefficient (Wildman–Crippen LogP) is 5.66. The zero-order chi connectivity index (χ0) is 29.4. The van der Waals surface area contributed by atoms with Crippen LogP contribution in [0, 0.1) is 0 Å². The lowest BCUT2D eigenvalue weighted by Crippen LogP contribution is -2.14. The van der Waals surface area contributed by atoms with Crippen molar-refractivity contribution >= 4 is 28.9 Å². The predicted molar refractivity (Wildman–Crippen MR) is 152 cm³/mol. The van der Waals surface area contributed by atoms with Crippen LogP contribution in [0.25, 0.3) is 22.1 Å². The first-order chi connectivity index (χ1) is 19.0. The summed E-state index contributed by atoms with van der Waals surface area (Å²) >= 11 is 0. The van der Waals surface area contributed by atoms with E-state index in [1.807, 2.05) is 0 Å². The first-order valence-corrected chi connectivity index (χ1v) is 12.7. The molecule has 0 saturated heterocycles. The van der Waals surface area contributed by atoms with E-state index >= 15 is 0 Å². The maximum absolute atomic E-state index is 13.3. The number of ether oxygens (including phenoxy) is 3. The second kappa shape index (κ2) is 13.4. The van der Waals surface area contributed by atoms with E-state index in [-0.39, 0.29) is 36.2 Å². The van der Waals surface area contributed by atoms with Crippen LogP contribution >= 0.6 is 0 Å². The van der Waals surface area contributed by atoms with Gasteiger partial charge in [-0.2, -0.15) is 0 Å². The zero-order valence-corrected chi connectivity index (χ0v) is 23.0. The number of fused-ring (bicyclic) bond motifs is 1. The Morgan fingerprint density at radius 3 is 1.98 bits per heavy atom. The highest BCUT2D eigenvalue weighted by atomic mass is 16.5. The van der Waals surface area contributed by atoms with E-state index in [1.54, 1.807) is 57.2 Å². The van der Waals surface area contributed by atoms with E-state index in [0.29, 0.717) is 40.7 Å². The lowest BCUT2D eigenvalue weighted by Gasteiger charge is -2.13. The summed E-state index contributed by atoms with van der Waals surface area (Å²) in [5.41, 5.74) is 3.87. The van der Waals surface area contributed by atoms with Crippen molar-refractivity contribution in [3.8, 4) is 16.9 Å². The molecule has 3 aromatic rings. The average Bonchev–Trinajstić information content (AvgIpc) is 2.92. The van der Waals surface area contributed by atoms with Crippen LogP contribution in [0.2, 0.25) is 0 Å². The Balaban J connectivity index is 1.93. The van der Waals surface area contributed by atoms with Gasteiger partial charge in [0.05, 0.1) is 24.9 Å². The molecule has 0 unspecified atom stereocenters. The van der Waals surface area contributed by atoms with Crippen molar-refractivity contribution in [3.63, 3.8) is 0 Å². The minimum absolute atomic E-state index is 0.0172. The lowest BCUT2D eigenvalue weighted by molar-refractivity contribution is -0.139. The van der Waals surface area contributed by atoms with Crippen molar-refractivity contribution in [1.29, 1.82) is 0 Å². The van der Waals surface area contributed by atoms with E-state index in [2.05, 4.69) is 19.7 Å². The summed E-state index contributed by atoms with van der Waals surface area (Å²) in [4.78, 5) is 48.6. The van der Waals surface area contributed by atoms with Crippen molar-refractivity contribution in [2.24, 2.45) is 0 Å². The molecule has 0 atom stereocenters. The Labute approximate surface area is 232 Å². The topological polar surface area (TPSA) is 109 Å². The van der Waals surface area contributed by atoms with Gasteiger partial charge in [0.15, 0.2) is 5.43 Å². The van der Waals surface area contributed by atoms with Crippen LogP contribution in [0.4, 0.5) is 0 Å². The van der Waals surface area contributed by atoms with Crippen LogP contribution in [0.5, 0.6) is 5.75 Å². The monoisotopic (exact) mass is 544 g/mol. The highest BCUT2D eigenvalue weighted by molar-refractivity contribution is 5.89. The SMILES string of the molecule is C=C(C)C(=O)OCCCc1cc2c(=O)c(CCOC(=O)C(=C)C)coc2cc1-c1ccc(OC(=O)C(=C)C)cc1. The molecule has 0 amide bonds. The van der Waals surface area contributed by atoms with Crippen LogP contribution in [-0.2, 0) is 36.7 Å². The normalized spacial score (nSPS) is 10.6. The van der Waals surface area contributed by atoms with Gasteiger partial charge in [-0.15, -0.1) is 0 Å². The third-order valence-electron chi connectivity index (χ3n) is 5.92. The van der Waals surface area contributed by atoms with Gasteiger partial charge in [0.1, 0.15) is 11.3 Å². The summed E-state index contributed by atoms with van der Waals surface area (Å²) in [6.07, 6.45) is 2.57. The van der Waals surface area contributed by atoms with Crippen LogP contribution in [0.1, 0.15) is 38.3 Å². The lowest BCUT2D eigenvalue weighted by atomic mass is 9.94. The molecule has 0 radical (unpaired) electrons. The molecule has 1 heterocycles. The summed E-state index contributed by atoms with van der Waals surface area (Å²) in [5.74, 6) is -1.13. The minimum Gasteiger partial charge on any atom is -0.464 e. The van der Waals surface area contributed by atoms with Crippen molar-refractivity contribution < 1.29 is 33.0 Å². The minimum atomic E-state index is -0.523. The van der Waals surface area contributed by atoms with Crippen molar-refractivity contribution in [3.05, 3.63) is 100 Å². The van der Waals surface area contributed by atoms with Crippen molar-refractivity contribution in [2.45, 2.75) is 40.0 Å². The summed E-state index contributed by atoms with van der Waals surface area (Å²) < 4.78 is 21.5. The third kappa shape index (κ3) is 7.66. The second-order valence-electron chi connectivity index (χ2n) is 9.48. The smallest absolute Gasteiger partial charge is 0.338 e. The van der Waals surface area contributed by atoms with Gasteiger partial charge in [0, 0.05) is 28.7 Å². The van der Waals surface area contributed by atoms with Crippen molar-refractivity contribution in [2.75, 3.05) is 13.2 Å². The van der Waals surface area contributed by atoms with E-state index < -0.39 is 17.9 Å². The van der Waals surface area contributed by atoms with Crippen LogP contribution in [-0.4, -0.2) is 31.1 Å². The fourth-order valence-electron chi connectivity index (χ4n) is 3.73. The molecule has 0 bridgehead atoms. The van der Waals surface area contributed by atoms with Crippen molar-refractivity contribution in [1.82, 2.24) is 0 Å². The summed E-state index contributed by atoms with van der Waals surface area (Å²) in [5, 5.41) is 0.383. The van der Waals surface area contributed by atoms with Gasteiger partial charge in [-0.1, -0.05) is 31.9 Å². The molecule has 0 aliphatic heterocycles. The van der Waals surface area contributed by atoms with Crippen LogP contribution in [0.15, 0.2) is 88.3 Å². The Bertz CT molecular complexity index is 1540. The molecule has 0 saturated carbocycles. The fourth-order valence-corrected chi connectivity index (χ4v) is 3.73. The fraction of sp³-hybridized carbons (Fsp3) is 0.250. The second-order valence-corrected chi connectivity index (χ2v) is 9.48. The molecule has 208 valence electrons. The van der Waals surface area contributed by atoms with Gasteiger partial charge in [0.25, 0.3) is 0 Å². The molecule has 40 heavy (non-hydrogen) atoms. The molecule has 1 aromatic heterocycles.